The average molecular weight is 234 g/mol. The number of benzene rings is 1. The van der Waals surface area contributed by atoms with Crippen molar-refractivity contribution in [1.29, 1.82) is 0 Å². The fourth-order valence-electron chi connectivity index (χ4n) is 1.38. The molecule has 0 saturated heterocycles. The molecule has 0 fully saturated rings. The van der Waals surface area contributed by atoms with Gasteiger partial charge in [-0.25, -0.2) is 9.98 Å². The average Bonchev–Trinajstić information content (AvgIpc) is 2.23. The Balaban J connectivity index is 2.93. The van der Waals surface area contributed by atoms with Crippen LogP contribution in [0.25, 0.3) is 0 Å². The molecule has 0 amide bonds. The Morgan fingerprint density at radius 3 is 1.87 bits per heavy atom. The fraction of sp³-hybridized carbons (Fsp3) is 0.273. The van der Waals surface area contributed by atoms with Crippen LogP contribution in [-0.2, 0) is 13.1 Å². The van der Waals surface area contributed by atoms with E-state index in [1.807, 2.05) is 13.0 Å². The van der Waals surface area contributed by atoms with Crippen LogP contribution in [0.15, 0.2) is 28.2 Å². The smallest absolute Gasteiger partial charge is 0.0743 e. The van der Waals surface area contributed by atoms with Crippen molar-refractivity contribution in [1.82, 2.24) is 0 Å². The Labute approximate surface area is 99.8 Å². The molecular weight excluding hydrogens is 224 g/mol. The van der Waals surface area contributed by atoms with Gasteiger partial charge in [0.2, 0.25) is 0 Å². The molecule has 1 rings (SSSR count). The Morgan fingerprint density at radius 2 is 1.47 bits per heavy atom. The monoisotopic (exact) mass is 234 g/mol. The molecule has 0 unspecified atom stereocenters. The summed E-state index contributed by atoms with van der Waals surface area (Å²) in [7, 11) is 0. The van der Waals surface area contributed by atoms with E-state index in [2.05, 4.69) is 56.9 Å². The van der Waals surface area contributed by atoms with E-state index in [9.17, 15) is 0 Å². The van der Waals surface area contributed by atoms with Gasteiger partial charge >= 0.3 is 0 Å². The van der Waals surface area contributed by atoms with Gasteiger partial charge in [0.05, 0.1) is 23.4 Å². The lowest BCUT2D eigenvalue weighted by molar-refractivity contribution is 1.03. The molecule has 0 aromatic heterocycles. The molecule has 0 radical (unpaired) electrons. The maximum absolute atomic E-state index is 4.53. The maximum atomic E-state index is 4.53. The number of hydrogen-bond acceptors (Lipinski definition) is 4. The highest BCUT2D eigenvalue weighted by Crippen LogP contribution is 2.11. The quantitative estimate of drug-likeness (QED) is 0.590. The van der Waals surface area contributed by atoms with Gasteiger partial charge in [-0.1, -0.05) is 23.8 Å². The van der Waals surface area contributed by atoms with Crippen molar-refractivity contribution >= 4 is 34.8 Å². The summed E-state index contributed by atoms with van der Waals surface area (Å²) < 4.78 is 0. The Bertz CT molecular complexity index is 404. The van der Waals surface area contributed by atoms with Crippen LogP contribution in [0.4, 0.5) is 0 Å². The fourth-order valence-corrected chi connectivity index (χ4v) is 1.51. The molecule has 4 heteroatoms. The summed E-state index contributed by atoms with van der Waals surface area (Å²) in [6.45, 7) is 3.17. The molecule has 0 aliphatic heterocycles. The zero-order valence-electron chi connectivity index (χ0n) is 8.36. The van der Waals surface area contributed by atoms with Crippen molar-refractivity contribution in [3.63, 3.8) is 0 Å². The molecule has 76 valence electrons. The van der Waals surface area contributed by atoms with Gasteiger partial charge in [-0.15, -0.1) is 0 Å². The first-order valence-corrected chi connectivity index (χ1v) is 5.24. The first-order valence-electron chi connectivity index (χ1n) is 4.43. The highest BCUT2D eigenvalue weighted by Gasteiger charge is 1.97. The number of hydrogen-bond donors (Lipinski definition) is 0. The molecule has 0 atom stereocenters. The van der Waals surface area contributed by atoms with Crippen molar-refractivity contribution < 1.29 is 0 Å². The molecule has 0 spiro atoms. The van der Waals surface area contributed by atoms with Crippen molar-refractivity contribution in [2.75, 3.05) is 0 Å². The second-order valence-electron chi connectivity index (χ2n) is 3.14. The minimum Gasteiger partial charge on any atom is -0.228 e. The third-order valence-electron chi connectivity index (χ3n) is 1.85. The van der Waals surface area contributed by atoms with Gasteiger partial charge in [0.25, 0.3) is 0 Å². The Hall–Kier alpha value is -1.18. The largest absolute Gasteiger partial charge is 0.228 e. The zero-order valence-corrected chi connectivity index (χ0v) is 9.99. The summed E-state index contributed by atoms with van der Waals surface area (Å²) in [4.78, 5) is 7.81. The first-order chi connectivity index (χ1) is 7.26. The van der Waals surface area contributed by atoms with Crippen molar-refractivity contribution in [2.24, 2.45) is 9.98 Å². The van der Waals surface area contributed by atoms with Gasteiger partial charge < -0.3 is 0 Å². The molecule has 0 aliphatic rings. The van der Waals surface area contributed by atoms with Crippen molar-refractivity contribution in [3.05, 3.63) is 34.9 Å². The number of aryl methyl sites for hydroxylation is 1. The summed E-state index contributed by atoms with van der Waals surface area (Å²) in [6.07, 6.45) is 0. The summed E-state index contributed by atoms with van der Waals surface area (Å²) in [5, 5.41) is 4.71. The minimum absolute atomic E-state index is 0.569. The summed E-state index contributed by atoms with van der Waals surface area (Å²) in [5.41, 5.74) is 3.41. The molecule has 0 aliphatic carbocycles. The third kappa shape index (κ3) is 4.24. The van der Waals surface area contributed by atoms with E-state index < -0.39 is 0 Å². The lowest BCUT2D eigenvalue weighted by Gasteiger charge is -2.02. The maximum Gasteiger partial charge on any atom is 0.0743 e. The highest BCUT2D eigenvalue weighted by atomic mass is 32.1. The van der Waals surface area contributed by atoms with Crippen LogP contribution < -0.4 is 0 Å². The van der Waals surface area contributed by atoms with Crippen LogP contribution in [0.1, 0.15) is 16.7 Å². The van der Waals surface area contributed by atoms with Gasteiger partial charge in [0.1, 0.15) is 0 Å². The van der Waals surface area contributed by atoms with Crippen LogP contribution in [0.5, 0.6) is 0 Å². The SMILES string of the molecule is Cc1cc(CN=C=S)cc(CN=C=S)c1. The number of aliphatic imine (C=N–C) groups is 2. The molecule has 0 N–H and O–H groups in total. The normalized spacial score (nSPS) is 8.87. The van der Waals surface area contributed by atoms with Gasteiger partial charge in [-0.05, 0) is 42.5 Å². The molecule has 0 heterocycles. The molecule has 0 bridgehead atoms. The number of rotatable bonds is 4. The van der Waals surface area contributed by atoms with Crippen LogP contribution in [0.3, 0.4) is 0 Å². The second kappa shape index (κ2) is 6.33. The Kier molecular flexibility index (Phi) is 5.02. The predicted octanol–water partition coefficient (Wildman–Crippen LogP) is 3.20. The lowest BCUT2D eigenvalue weighted by Crippen LogP contribution is -1.89. The van der Waals surface area contributed by atoms with E-state index in [4.69, 9.17) is 0 Å². The van der Waals surface area contributed by atoms with Crippen LogP contribution >= 0.6 is 24.4 Å². The van der Waals surface area contributed by atoms with E-state index in [-0.39, 0.29) is 0 Å². The topological polar surface area (TPSA) is 24.7 Å². The van der Waals surface area contributed by atoms with Crippen molar-refractivity contribution in [3.8, 4) is 0 Å². The van der Waals surface area contributed by atoms with Crippen LogP contribution in [0.2, 0.25) is 0 Å². The Morgan fingerprint density at radius 1 is 1.00 bits per heavy atom. The molecule has 1 aromatic carbocycles. The van der Waals surface area contributed by atoms with Gasteiger partial charge in [-0.2, -0.15) is 0 Å². The van der Waals surface area contributed by atoms with Crippen LogP contribution in [0, 0.1) is 6.92 Å². The molecule has 1 aromatic rings. The summed E-state index contributed by atoms with van der Waals surface area (Å²) >= 11 is 9.06. The highest BCUT2D eigenvalue weighted by molar-refractivity contribution is 7.78. The standard InChI is InChI=1S/C11H10N2S2/c1-9-2-10(5-12-7-14)4-11(3-9)6-13-8-15/h2-4H,5-6H2,1H3. The number of isothiocyanates is 2. The first kappa shape index (κ1) is 11.9. The van der Waals surface area contributed by atoms with E-state index >= 15 is 0 Å². The minimum atomic E-state index is 0.569. The molecule has 0 saturated carbocycles. The summed E-state index contributed by atoms with van der Waals surface area (Å²) in [6, 6.07) is 6.18. The van der Waals surface area contributed by atoms with E-state index in [1.54, 1.807) is 0 Å². The van der Waals surface area contributed by atoms with Crippen molar-refractivity contribution in [2.45, 2.75) is 20.0 Å². The van der Waals surface area contributed by atoms with E-state index in [0.29, 0.717) is 13.1 Å². The lowest BCUT2D eigenvalue weighted by atomic mass is 10.1. The van der Waals surface area contributed by atoms with Crippen LogP contribution in [-0.4, -0.2) is 10.3 Å². The second-order valence-corrected chi connectivity index (χ2v) is 3.51. The molecule has 15 heavy (non-hydrogen) atoms. The number of thiocarbonyl (C=S) groups is 2. The van der Waals surface area contributed by atoms with E-state index in [1.165, 1.54) is 5.56 Å². The van der Waals surface area contributed by atoms with E-state index in [0.717, 1.165) is 11.1 Å². The molecular formula is C11H10N2S2. The van der Waals surface area contributed by atoms with Gasteiger partial charge in [0.15, 0.2) is 0 Å². The predicted molar refractivity (Wildman–Crippen MR) is 68.6 cm³/mol. The zero-order chi connectivity index (χ0) is 11.1. The third-order valence-corrected chi connectivity index (χ3v) is 2.11. The van der Waals surface area contributed by atoms with Gasteiger partial charge in [0, 0.05) is 0 Å². The summed E-state index contributed by atoms with van der Waals surface area (Å²) in [5.74, 6) is 0. The molecule has 2 nitrogen and oxygen atoms in total. The number of nitrogens with zero attached hydrogens (tertiary/aromatic N) is 2. The van der Waals surface area contributed by atoms with Gasteiger partial charge in [-0.3, -0.25) is 0 Å².